The second-order valence-electron chi connectivity index (χ2n) is 10.2. The maximum atomic E-state index is 13.4. The van der Waals surface area contributed by atoms with E-state index in [4.69, 9.17) is 4.84 Å². The lowest BCUT2D eigenvalue weighted by molar-refractivity contribution is -0.182. The van der Waals surface area contributed by atoms with Gasteiger partial charge in [0, 0.05) is 18.2 Å². The molecular weight excluding hydrogens is 470 g/mol. The highest BCUT2D eigenvalue weighted by molar-refractivity contribution is 6.03. The van der Waals surface area contributed by atoms with E-state index >= 15 is 0 Å². The van der Waals surface area contributed by atoms with E-state index in [2.05, 4.69) is 10.6 Å². The fourth-order valence-corrected chi connectivity index (χ4v) is 3.85. The van der Waals surface area contributed by atoms with Crippen LogP contribution in [-0.2, 0) is 25.8 Å². The number of unbranched alkanes of at least 4 members (excludes halogenated alkanes) is 1. The van der Waals surface area contributed by atoms with Crippen LogP contribution in [-0.4, -0.2) is 41.7 Å². The van der Waals surface area contributed by atoms with Gasteiger partial charge in [0.2, 0.25) is 18.2 Å². The largest absolute Gasteiger partial charge is 0.345 e. The van der Waals surface area contributed by atoms with E-state index in [1.165, 1.54) is 6.92 Å². The minimum atomic E-state index is -0.786. The highest BCUT2D eigenvalue weighted by Crippen LogP contribution is 2.25. The maximum absolute atomic E-state index is 13.4. The summed E-state index contributed by atoms with van der Waals surface area (Å²) in [5, 5.41) is 6.79. The number of hydroxylamine groups is 2. The summed E-state index contributed by atoms with van der Waals surface area (Å²) >= 11 is 0. The second-order valence-corrected chi connectivity index (χ2v) is 10.2. The number of hydrogen-bond donors (Lipinski definition) is 2. The molecule has 0 aliphatic rings. The molecule has 0 aromatic heterocycles. The van der Waals surface area contributed by atoms with Crippen LogP contribution in [0.4, 0.5) is 5.69 Å². The number of anilines is 1. The van der Waals surface area contributed by atoms with Gasteiger partial charge < -0.3 is 10.6 Å². The van der Waals surface area contributed by atoms with Crippen LogP contribution >= 0.6 is 0 Å². The van der Waals surface area contributed by atoms with E-state index in [1.807, 2.05) is 58.0 Å². The number of hydrogen-bond acceptors (Lipinski definition) is 5. The molecule has 0 radical (unpaired) electrons. The van der Waals surface area contributed by atoms with Gasteiger partial charge in [0.05, 0.1) is 18.5 Å². The Hall–Kier alpha value is -3.52. The molecule has 2 aromatic carbocycles. The normalized spacial score (nSPS) is 12.8. The monoisotopic (exact) mass is 509 g/mol. The zero-order chi connectivity index (χ0) is 27.4. The van der Waals surface area contributed by atoms with Crippen molar-refractivity contribution in [1.29, 1.82) is 0 Å². The molecule has 0 aliphatic heterocycles. The zero-order valence-corrected chi connectivity index (χ0v) is 22.5. The summed E-state index contributed by atoms with van der Waals surface area (Å²) in [4.78, 5) is 55.5. The Morgan fingerprint density at radius 1 is 1.03 bits per heavy atom. The molecule has 8 heteroatoms. The molecule has 0 fully saturated rings. The van der Waals surface area contributed by atoms with Crippen LogP contribution in [0.2, 0.25) is 0 Å². The highest BCUT2D eigenvalue weighted by atomic mass is 16.7. The smallest absolute Gasteiger partial charge is 0.233 e. The molecule has 200 valence electrons. The first kappa shape index (κ1) is 29.7. The fourth-order valence-electron chi connectivity index (χ4n) is 3.85. The predicted octanol–water partition coefficient (Wildman–Crippen LogP) is 4.76. The molecule has 2 aromatic rings. The summed E-state index contributed by atoms with van der Waals surface area (Å²) in [7, 11) is 0. The number of benzene rings is 2. The zero-order valence-electron chi connectivity index (χ0n) is 22.5. The topological polar surface area (TPSA) is 105 Å². The van der Waals surface area contributed by atoms with Crippen LogP contribution in [0.3, 0.4) is 0 Å². The number of nitrogens with one attached hydrogen (secondary N) is 2. The molecule has 0 saturated carbocycles. The molecule has 8 nitrogen and oxygen atoms in total. The predicted molar refractivity (Wildman–Crippen MR) is 143 cm³/mol. The molecule has 2 atom stereocenters. The first-order valence-corrected chi connectivity index (χ1v) is 12.7. The minimum Gasteiger partial charge on any atom is -0.345 e. The first-order chi connectivity index (χ1) is 17.5. The molecule has 0 saturated heterocycles. The number of Topliss-reactive ketones (excluding diaryl/α,β-unsaturated/α-hetero) is 1. The summed E-state index contributed by atoms with van der Waals surface area (Å²) in [6, 6.07) is 15.3. The van der Waals surface area contributed by atoms with Gasteiger partial charge >= 0.3 is 0 Å². The van der Waals surface area contributed by atoms with Gasteiger partial charge in [0.1, 0.15) is 6.61 Å². The van der Waals surface area contributed by atoms with Crippen molar-refractivity contribution in [3.63, 3.8) is 0 Å². The summed E-state index contributed by atoms with van der Waals surface area (Å²) < 4.78 is 0. The van der Waals surface area contributed by atoms with Gasteiger partial charge in [-0.05, 0) is 41.7 Å². The number of nitrogens with zero attached hydrogens (tertiary/aromatic N) is 1. The van der Waals surface area contributed by atoms with Crippen molar-refractivity contribution in [3.05, 3.63) is 65.7 Å². The van der Waals surface area contributed by atoms with E-state index in [-0.39, 0.29) is 30.7 Å². The van der Waals surface area contributed by atoms with Crippen molar-refractivity contribution in [1.82, 2.24) is 10.4 Å². The molecule has 0 spiro atoms. The van der Waals surface area contributed by atoms with Gasteiger partial charge in [-0.1, -0.05) is 70.9 Å². The Kier molecular flexibility index (Phi) is 11.5. The van der Waals surface area contributed by atoms with Crippen molar-refractivity contribution < 1.29 is 24.0 Å². The molecule has 3 amide bonds. The Labute approximate surface area is 219 Å². The van der Waals surface area contributed by atoms with Crippen LogP contribution in [0, 0.1) is 11.3 Å². The van der Waals surface area contributed by atoms with Crippen LogP contribution < -0.4 is 10.6 Å². The molecule has 0 aliphatic carbocycles. The Balaban J connectivity index is 2.15. The van der Waals surface area contributed by atoms with Crippen LogP contribution in [0.5, 0.6) is 0 Å². The quantitative estimate of drug-likeness (QED) is 0.217. The minimum absolute atomic E-state index is 0.0820. The first-order valence-electron chi connectivity index (χ1n) is 12.7. The SMILES string of the molecule is CCCC[C@H](CN(C=O)OCc1ccccc1)C(=O)N[C@H](C(=O)c1ccc(NC(C)=O)cc1)C(C)(C)C. The van der Waals surface area contributed by atoms with Crippen molar-refractivity contribution in [3.8, 4) is 0 Å². The van der Waals surface area contributed by atoms with E-state index < -0.39 is 17.4 Å². The van der Waals surface area contributed by atoms with Gasteiger partial charge in [-0.15, -0.1) is 0 Å². The van der Waals surface area contributed by atoms with Crippen molar-refractivity contribution >= 4 is 29.7 Å². The van der Waals surface area contributed by atoms with Crippen molar-refractivity contribution in [2.75, 3.05) is 11.9 Å². The van der Waals surface area contributed by atoms with E-state index in [9.17, 15) is 19.2 Å². The van der Waals surface area contributed by atoms with Crippen molar-refractivity contribution in [2.24, 2.45) is 11.3 Å². The number of carbonyl (C=O) groups excluding carboxylic acids is 4. The molecular formula is C29H39N3O5. The summed E-state index contributed by atoms with van der Waals surface area (Å²) in [6.45, 7) is 9.41. The third kappa shape index (κ3) is 9.80. The molecule has 0 heterocycles. The summed E-state index contributed by atoms with van der Waals surface area (Å²) in [5.74, 6) is -1.27. The second kappa shape index (κ2) is 14.3. The van der Waals surface area contributed by atoms with E-state index in [0.717, 1.165) is 23.5 Å². The summed E-state index contributed by atoms with van der Waals surface area (Å²) in [6.07, 6.45) is 2.82. The lowest BCUT2D eigenvalue weighted by Gasteiger charge is -2.32. The Morgan fingerprint density at radius 2 is 1.68 bits per heavy atom. The lowest BCUT2D eigenvalue weighted by atomic mass is 9.81. The Morgan fingerprint density at radius 3 is 2.22 bits per heavy atom. The average molecular weight is 510 g/mol. The van der Waals surface area contributed by atoms with Gasteiger partial charge in [-0.2, -0.15) is 0 Å². The molecule has 0 unspecified atom stereocenters. The van der Waals surface area contributed by atoms with Crippen LogP contribution in [0.25, 0.3) is 0 Å². The van der Waals surface area contributed by atoms with Crippen LogP contribution in [0.15, 0.2) is 54.6 Å². The lowest BCUT2D eigenvalue weighted by Crippen LogP contribution is -2.52. The molecule has 37 heavy (non-hydrogen) atoms. The van der Waals surface area contributed by atoms with Gasteiger partial charge in [0.15, 0.2) is 5.78 Å². The number of ketones is 1. The van der Waals surface area contributed by atoms with Gasteiger partial charge in [-0.25, -0.2) is 5.06 Å². The average Bonchev–Trinajstić information content (AvgIpc) is 2.86. The van der Waals surface area contributed by atoms with Crippen LogP contribution in [0.1, 0.15) is 69.8 Å². The maximum Gasteiger partial charge on any atom is 0.233 e. The number of amides is 3. The van der Waals surface area contributed by atoms with E-state index in [0.29, 0.717) is 24.1 Å². The standard InChI is InChI=1S/C29H39N3O5/c1-6-7-13-24(18-32(20-33)37-19-22-11-9-8-10-12-22)28(36)31-27(29(3,4)5)26(35)23-14-16-25(17-15-23)30-21(2)34/h8-12,14-17,20,24,27H,6-7,13,18-19H2,1-5H3,(H,30,34)(H,31,36)/t24-,27-/m1/s1. The third-order valence-corrected chi connectivity index (χ3v) is 5.94. The summed E-state index contributed by atoms with van der Waals surface area (Å²) in [5.41, 5.74) is 1.36. The number of rotatable bonds is 14. The van der Waals surface area contributed by atoms with Crippen molar-refractivity contribution in [2.45, 2.75) is 66.5 Å². The number of carbonyl (C=O) groups is 4. The van der Waals surface area contributed by atoms with Gasteiger partial charge in [-0.3, -0.25) is 24.0 Å². The molecule has 2 rings (SSSR count). The van der Waals surface area contributed by atoms with E-state index in [1.54, 1.807) is 24.3 Å². The third-order valence-electron chi connectivity index (χ3n) is 5.94. The fraction of sp³-hybridized carbons (Fsp3) is 0.448. The highest BCUT2D eigenvalue weighted by Gasteiger charge is 2.35. The molecule has 2 N–H and O–H groups in total. The van der Waals surface area contributed by atoms with Gasteiger partial charge in [0.25, 0.3) is 0 Å². The Bertz CT molecular complexity index is 1030. The molecule has 0 bridgehead atoms.